The number of fused-ring (bicyclic) bond motifs is 5. The maximum absolute atomic E-state index is 2.70. The smallest absolute Gasteiger partial charge is 0.191 e. The lowest BCUT2D eigenvalue weighted by Gasteiger charge is -2.48. The van der Waals surface area contributed by atoms with Crippen molar-refractivity contribution in [2.75, 3.05) is 0 Å². The summed E-state index contributed by atoms with van der Waals surface area (Å²) in [5.74, 6) is 0. The van der Waals surface area contributed by atoms with Crippen LogP contribution in [0.15, 0.2) is 200 Å². The Hall–Kier alpha value is -6.83. The van der Waals surface area contributed by atoms with E-state index in [1.165, 1.54) is 113 Å². The number of benzene rings is 8. The molecule has 1 nitrogen and oxygen atoms in total. The maximum atomic E-state index is 2.70. The molecule has 0 amide bonds. The van der Waals surface area contributed by atoms with Crippen LogP contribution in [0, 0.1) is 0 Å². The Morgan fingerprint density at radius 3 is 1.47 bits per heavy atom. The van der Waals surface area contributed by atoms with Crippen LogP contribution in [0.2, 0.25) is 0 Å². The van der Waals surface area contributed by atoms with E-state index in [2.05, 4.69) is 240 Å². The molecule has 1 aliphatic heterocycles. The van der Waals surface area contributed by atoms with E-state index in [1.54, 1.807) is 0 Å². The van der Waals surface area contributed by atoms with E-state index >= 15 is 0 Å². The third kappa shape index (κ3) is 7.69. The fraction of sp³-hybridized carbons (Fsp3) is 0.215. The zero-order valence-electron chi connectivity index (χ0n) is 39.4. The molecule has 0 aliphatic carbocycles. The van der Waals surface area contributed by atoms with E-state index in [4.69, 9.17) is 0 Å². The van der Waals surface area contributed by atoms with E-state index in [9.17, 15) is 0 Å². The Labute approximate surface area is 393 Å². The predicted molar refractivity (Wildman–Crippen MR) is 282 cm³/mol. The predicted octanol–water partition coefficient (Wildman–Crippen LogP) is 17.7. The van der Waals surface area contributed by atoms with Crippen molar-refractivity contribution in [2.45, 2.75) is 90.5 Å². The first-order valence-electron chi connectivity index (χ1n) is 24.6. The molecule has 1 heteroatoms. The molecular weight excluding hydrogens is 795 g/mol. The van der Waals surface area contributed by atoms with E-state index < -0.39 is 0 Å². The molecule has 0 saturated heterocycles. The molecule has 9 aromatic rings. The molecule has 1 aromatic heterocycles. The number of pyridine rings is 1. The summed E-state index contributed by atoms with van der Waals surface area (Å²) >= 11 is 0. The Morgan fingerprint density at radius 1 is 0.409 bits per heavy atom. The Morgan fingerprint density at radius 2 is 0.894 bits per heavy atom. The minimum absolute atomic E-state index is 0.0218. The van der Waals surface area contributed by atoms with Crippen molar-refractivity contribution in [3.63, 3.8) is 0 Å². The molecule has 0 fully saturated rings. The quantitative estimate of drug-likeness (QED) is 0.102. The van der Waals surface area contributed by atoms with E-state index in [1.807, 2.05) is 0 Å². The normalized spacial score (nSPS) is 16.5. The Balaban J connectivity index is 1.12. The second kappa shape index (κ2) is 18.2. The van der Waals surface area contributed by atoms with Gasteiger partial charge in [0, 0.05) is 18.9 Å². The second-order valence-electron chi connectivity index (χ2n) is 18.9. The van der Waals surface area contributed by atoms with Gasteiger partial charge < -0.3 is 0 Å². The summed E-state index contributed by atoms with van der Waals surface area (Å²) in [4.78, 5) is 0. The van der Waals surface area contributed by atoms with Crippen LogP contribution >= 0.6 is 0 Å². The van der Waals surface area contributed by atoms with Gasteiger partial charge in [0.2, 0.25) is 5.69 Å². The number of aryl methyl sites for hydroxylation is 1. The summed E-state index contributed by atoms with van der Waals surface area (Å²) in [5.41, 5.74) is 20.2. The van der Waals surface area contributed by atoms with Gasteiger partial charge in [0.25, 0.3) is 0 Å². The summed E-state index contributed by atoms with van der Waals surface area (Å²) in [6, 6.07) is 73.2. The molecule has 0 radical (unpaired) electrons. The van der Waals surface area contributed by atoms with E-state index in [0.29, 0.717) is 0 Å². The fourth-order valence-corrected chi connectivity index (χ4v) is 11.5. The molecule has 2 atom stereocenters. The van der Waals surface area contributed by atoms with Crippen LogP contribution in [0.3, 0.4) is 0 Å². The van der Waals surface area contributed by atoms with Crippen molar-refractivity contribution >= 4 is 10.8 Å². The standard InChI is InChI=1S/C65H62N/c1-6-10-20-46-29-31-49(32-30-46)56-39-54(47-21-13-11-14-22-47)41-58(43-56)59-42-55(48-23-15-12-16-24-48)40-57(44-59)52-27-19-26-51(38-52)53-33-34-62-61(45-53)63-60-28-18-17-25-50(60)35-37-66(63)65(9-4,36-7-2)64(62,5)8-3/h11-19,21-35,37-45H,6-10,20,36H2,1-5H3/q+1. The first kappa shape index (κ1) is 43.1. The van der Waals surface area contributed by atoms with Gasteiger partial charge in [-0.1, -0.05) is 168 Å². The number of aromatic nitrogens is 1. The lowest BCUT2D eigenvalue weighted by atomic mass is 9.58. The van der Waals surface area contributed by atoms with Crippen LogP contribution in [-0.4, -0.2) is 0 Å². The Kier molecular flexibility index (Phi) is 11.9. The number of rotatable bonds is 13. The van der Waals surface area contributed by atoms with Gasteiger partial charge in [-0.3, -0.25) is 0 Å². The van der Waals surface area contributed by atoms with Crippen LogP contribution in [0.5, 0.6) is 0 Å². The number of hydrogen-bond acceptors (Lipinski definition) is 0. The first-order chi connectivity index (χ1) is 32.4. The molecule has 0 bridgehead atoms. The van der Waals surface area contributed by atoms with Crippen LogP contribution in [0.25, 0.3) is 88.8 Å². The van der Waals surface area contributed by atoms with Crippen molar-refractivity contribution in [2.24, 2.45) is 0 Å². The van der Waals surface area contributed by atoms with Gasteiger partial charge in [-0.05, 0) is 170 Å². The van der Waals surface area contributed by atoms with Crippen LogP contribution in [0.1, 0.15) is 84.3 Å². The maximum Gasteiger partial charge on any atom is 0.221 e. The molecule has 66 heavy (non-hydrogen) atoms. The molecule has 1 aliphatic rings. The molecule has 10 rings (SSSR count). The topological polar surface area (TPSA) is 3.88 Å². The van der Waals surface area contributed by atoms with Crippen molar-refractivity contribution < 1.29 is 4.57 Å². The molecular formula is C65H62N+. The monoisotopic (exact) mass is 856 g/mol. The van der Waals surface area contributed by atoms with Crippen molar-refractivity contribution in [1.29, 1.82) is 0 Å². The van der Waals surface area contributed by atoms with Gasteiger partial charge in [0.15, 0.2) is 11.7 Å². The first-order valence-corrected chi connectivity index (χ1v) is 24.6. The third-order valence-electron chi connectivity index (χ3n) is 15.2. The van der Waals surface area contributed by atoms with Gasteiger partial charge >= 0.3 is 0 Å². The molecule has 0 saturated carbocycles. The van der Waals surface area contributed by atoms with Crippen LogP contribution in [0.4, 0.5) is 0 Å². The van der Waals surface area contributed by atoms with Gasteiger partial charge in [-0.2, -0.15) is 4.57 Å². The summed E-state index contributed by atoms with van der Waals surface area (Å²) in [6.07, 6.45) is 10.4. The SMILES string of the molecule is CCCCc1ccc(-c2cc(-c3ccccc3)cc(-c3cc(-c4ccccc4)cc(-c4cccc(-c5ccc6c(c5)-c5c7ccccc7cc[n+]5C(CC)(CCC)C6(C)CC)c4)c3)c2)cc1. The van der Waals surface area contributed by atoms with Crippen molar-refractivity contribution in [3.8, 4) is 78.0 Å². The largest absolute Gasteiger partial charge is 0.221 e. The molecule has 0 spiro atoms. The summed E-state index contributed by atoms with van der Waals surface area (Å²) in [7, 11) is 0. The molecule has 2 unspecified atom stereocenters. The van der Waals surface area contributed by atoms with E-state index in [0.717, 1.165) is 32.1 Å². The van der Waals surface area contributed by atoms with E-state index in [-0.39, 0.29) is 11.0 Å². The molecule has 0 N–H and O–H groups in total. The third-order valence-corrected chi connectivity index (χ3v) is 15.2. The average Bonchev–Trinajstić information content (AvgIpc) is 3.39. The molecule has 2 heterocycles. The van der Waals surface area contributed by atoms with Gasteiger partial charge in [0.1, 0.15) is 0 Å². The molecule has 8 aromatic carbocycles. The minimum atomic E-state index is -0.0301. The lowest BCUT2D eigenvalue weighted by Crippen LogP contribution is -2.69. The highest BCUT2D eigenvalue weighted by Crippen LogP contribution is 2.53. The molecule has 326 valence electrons. The summed E-state index contributed by atoms with van der Waals surface area (Å²) in [6.45, 7) is 12.0. The average molecular weight is 857 g/mol. The van der Waals surface area contributed by atoms with Crippen molar-refractivity contribution in [3.05, 3.63) is 211 Å². The zero-order valence-corrected chi connectivity index (χ0v) is 39.4. The minimum Gasteiger partial charge on any atom is -0.191 e. The highest BCUT2D eigenvalue weighted by Gasteiger charge is 2.59. The highest BCUT2D eigenvalue weighted by molar-refractivity contribution is 5.95. The summed E-state index contributed by atoms with van der Waals surface area (Å²) < 4.78 is 2.70. The van der Waals surface area contributed by atoms with Gasteiger partial charge in [-0.15, -0.1) is 0 Å². The Bertz CT molecular complexity index is 3160. The lowest BCUT2D eigenvalue weighted by molar-refractivity contribution is -0.769. The zero-order chi connectivity index (χ0) is 45.3. The van der Waals surface area contributed by atoms with Crippen LogP contribution in [-0.2, 0) is 17.4 Å². The van der Waals surface area contributed by atoms with Gasteiger partial charge in [0.05, 0.1) is 16.4 Å². The highest BCUT2D eigenvalue weighted by atomic mass is 15.1. The number of hydrogen-bond donors (Lipinski definition) is 0. The van der Waals surface area contributed by atoms with Gasteiger partial charge in [-0.25, -0.2) is 0 Å². The van der Waals surface area contributed by atoms with Crippen LogP contribution < -0.4 is 4.57 Å². The van der Waals surface area contributed by atoms with Crippen molar-refractivity contribution in [1.82, 2.24) is 0 Å². The number of nitrogens with zero attached hydrogens (tertiary/aromatic N) is 1. The summed E-state index contributed by atoms with van der Waals surface area (Å²) in [5, 5.41) is 2.62. The number of unbranched alkanes of at least 4 members (excludes halogenated alkanes) is 1. The fourth-order valence-electron chi connectivity index (χ4n) is 11.5. The second-order valence-corrected chi connectivity index (χ2v) is 18.9.